The number of carbonyl (C=O) groups is 2. The van der Waals surface area contributed by atoms with Crippen LogP contribution in [0.4, 0.5) is 0 Å². The molecule has 14 heavy (non-hydrogen) atoms. The molecule has 82 valence electrons. The van der Waals surface area contributed by atoms with Crippen molar-refractivity contribution in [3.05, 3.63) is 0 Å². The average Bonchev–Trinajstić information content (AvgIpc) is 2.14. The van der Waals surface area contributed by atoms with Crippen molar-refractivity contribution in [2.75, 3.05) is 14.2 Å². The third-order valence-corrected chi connectivity index (χ3v) is 2.33. The molecule has 0 rings (SSSR count). The van der Waals surface area contributed by atoms with Gasteiger partial charge in [-0.2, -0.15) is 0 Å². The smallest absolute Gasteiger partial charge is 0.342 e. The molecule has 1 atom stereocenters. The number of ether oxygens (including phenoxy) is 2. The van der Waals surface area contributed by atoms with Gasteiger partial charge in [-0.3, -0.25) is 4.79 Å². The minimum Gasteiger partial charge on any atom is -0.468 e. The van der Waals surface area contributed by atoms with E-state index in [1.54, 1.807) is 0 Å². The summed E-state index contributed by atoms with van der Waals surface area (Å²) >= 11 is 16.7. The molecule has 0 aliphatic heterocycles. The third-order valence-electron chi connectivity index (χ3n) is 1.38. The number of carbonyl (C=O) groups excluding carboxylic acids is 2. The van der Waals surface area contributed by atoms with Crippen LogP contribution in [0, 0.1) is 0 Å². The topological polar surface area (TPSA) is 52.6 Å². The molecule has 0 saturated carbocycles. The highest BCUT2D eigenvalue weighted by Crippen LogP contribution is 2.30. The van der Waals surface area contributed by atoms with Gasteiger partial charge in [0.2, 0.25) is 4.33 Å². The highest BCUT2D eigenvalue weighted by molar-refractivity contribution is 6.58. The van der Waals surface area contributed by atoms with Crippen LogP contribution < -0.4 is 0 Å². The van der Waals surface area contributed by atoms with Crippen molar-refractivity contribution in [2.24, 2.45) is 0 Å². The molecule has 0 aliphatic rings. The van der Waals surface area contributed by atoms with Crippen LogP contribution in [-0.2, 0) is 19.1 Å². The molecule has 0 aromatic carbocycles. The SMILES string of the molecule is COC(=O)C(Cl)CC(Cl)(Cl)C(=O)OC. The monoisotopic (exact) mass is 262 g/mol. The second-order valence-electron chi connectivity index (χ2n) is 2.39. The zero-order valence-corrected chi connectivity index (χ0v) is 9.82. The Morgan fingerprint density at radius 3 is 2.14 bits per heavy atom. The Kier molecular flexibility index (Phi) is 5.56. The lowest BCUT2D eigenvalue weighted by molar-refractivity contribution is -0.142. The van der Waals surface area contributed by atoms with Gasteiger partial charge in [0.15, 0.2) is 0 Å². The molecule has 0 fully saturated rings. The van der Waals surface area contributed by atoms with Gasteiger partial charge in [0.1, 0.15) is 5.38 Å². The van der Waals surface area contributed by atoms with Crippen LogP contribution in [0.15, 0.2) is 0 Å². The molecular weight excluding hydrogens is 254 g/mol. The lowest BCUT2D eigenvalue weighted by Gasteiger charge is -2.18. The van der Waals surface area contributed by atoms with E-state index in [1.807, 2.05) is 0 Å². The Morgan fingerprint density at radius 1 is 1.29 bits per heavy atom. The van der Waals surface area contributed by atoms with Gasteiger partial charge >= 0.3 is 11.9 Å². The first kappa shape index (κ1) is 13.8. The number of halogens is 3. The van der Waals surface area contributed by atoms with Crippen molar-refractivity contribution in [1.29, 1.82) is 0 Å². The molecule has 0 radical (unpaired) electrons. The van der Waals surface area contributed by atoms with Crippen molar-refractivity contribution >= 4 is 46.7 Å². The lowest BCUT2D eigenvalue weighted by Crippen LogP contribution is -2.33. The summed E-state index contributed by atoms with van der Waals surface area (Å²) in [5.41, 5.74) is 0. The van der Waals surface area contributed by atoms with Gasteiger partial charge in [-0.15, -0.1) is 11.6 Å². The summed E-state index contributed by atoms with van der Waals surface area (Å²) in [6.45, 7) is 0. The molecule has 1 unspecified atom stereocenters. The fourth-order valence-electron chi connectivity index (χ4n) is 0.669. The molecule has 0 aromatic heterocycles. The Bertz CT molecular complexity index is 229. The Hall–Kier alpha value is -0.190. The van der Waals surface area contributed by atoms with E-state index in [0.717, 1.165) is 7.11 Å². The molecule has 7 heteroatoms. The predicted molar refractivity (Wildman–Crippen MR) is 52.7 cm³/mol. The summed E-state index contributed by atoms with van der Waals surface area (Å²) in [6, 6.07) is 0. The van der Waals surface area contributed by atoms with Crippen molar-refractivity contribution in [1.82, 2.24) is 0 Å². The van der Waals surface area contributed by atoms with Crippen LogP contribution in [0.1, 0.15) is 6.42 Å². The van der Waals surface area contributed by atoms with Crippen LogP contribution in [0.25, 0.3) is 0 Å². The Morgan fingerprint density at radius 2 is 1.79 bits per heavy atom. The minimum absolute atomic E-state index is 0.281. The summed E-state index contributed by atoms with van der Waals surface area (Å²) in [5.74, 6) is -1.57. The van der Waals surface area contributed by atoms with E-state index in [2.05, 4.69) is 9.47 Å². The first-order valence-corrected chi connectivity index (χ1v) is 4.72. The van der Waals surface area contributed by atoms with Gasteiger partial charge in [0, 0.05) is 6.42 Å². The highest BCUT2D eigenvalue weighted by atomic mass is 35.5. The zero-order valence-electron chi connectivity index (χ0n) is 7.55. The van der Waals surface area contributed by atoms with Crippen molar-refractivity contribution in [3.63, 3.8) is 0 Å². The van der Waals surface area contributed by atoms with E-state index in [1.165, 1.54) is 7.11 Å². The number of alkyl halides is 3. The van der Waals surface area contributed by atoms with Crippen LogP contribution in [0.2, 0.25) is 0 Å². The maximum atomic E-state index is 11.0. The molecule has 0 saturated heterocycles. The van der Waals surface area contributed by atoms with E-state index < -0.39 is 21.6 Å². The summed E-state index contributed by atoms with van der Waals surface area (Å²) in [5, 5.41) is -1.09. The lowest BCUT2D eigenvalue weighted by atomic mass is 10.2. The number of rotatable bonds is 4. The first-order valence-electron chi connectivity index (χ1n) is 3.53. The largest absolute Gasteiger partial charge is 0.468 e. The van der Waals surface area contributed by atoms with Crippen molar-refractivity contribution in [3.8, 4) is 0 Å². The number of esters is 2. The van der Waals surface area contributed by atoms with Gasteiger partial charge in [-0.05, 0) is 0 Å². The van der Waals surface area contributed by atoms with E-state index >= 15 is 0 Å². The van der Waals surface area contributed by atoms with Crippen LogP contribution in [0.3, 0.4) is 0 Å². The zero-order chi connectivity index (χ0) is 11.4. The predicted octanol–water partition coefficient (Wildman–Crippen LogP) is 1.50. The Labute approximate surface area is 96.4 Å². The van der Waals surface area contributed by atoms with E-state index in [-0.39, 0.29) is 6.42 Å². The second-order valence-corrected chi connectivity index (χ2v) is 4.40. The molecule has 0 heterocycles. The normalized spacial score (nSPS) is 13.2. The summed E-state index contributed by atoms with van der Waals surface area (Å²) < 4.78 is 6.81. The van der Waals surface area contributed by atoms with Crippen molar-refractivity contribution in [2.45, 2.75) is 16.1 Å². The van der Waals surface area contributed by atoms with Gasteiger partial charge in [-0.1, -0.05) is 23.2 Å². The van der Waals surface area contributed by atoms with Gasteiger partial charge in [0.05, 0.1) is 14.2 Å². The van der Waals surface area contributed by atoms with Crippen LogP contribution >= 0.6 is 34.8 Å². The second kappa shape index (κ2) is 5.63. The highest BCUT2D eigenvalue weighted by Gasteiger charge is 2.39. The van der Waals surface area contributed by atoms with Gasteiger partial charge in [-0.25, -0.2) is 4.79 Å². The minimum atomic E-state index is -1.84. The fourth-order valence-corrected chi connectivity index (χ4v) is 1.61. The van der Waals surface area contributed by atoms with Crippen molar-refractivity contribution < 1.29 is 19.1 Å². The molecule has 0 spiro atoms. The standard InChI is InChI=1S/C7H9Cl3O4/c1-13-5(11)4(8)3-7(9,10)6(12)14-2/h4H,3H2,1-2H3. The maximum Gasteiger partial charge on any atom is 0.342 e. The summed E-state index contributed by atoms with van der Waals surface area (Å²) in [7, 11) is 2.29. The molecule has 4 nitrogen and oxygen atoms in total. The van der Waals surface area contributed by atoms with E-state index in [4.69, 9.17) is 34.8 Å². The van der Waals surface area contributed by atoms with E-state index in [9.17, 15) is 9.59 Å². The molecule has 0 amide bonds. The number of hydrogen-bond donors (Lipinski definition) is 0. The molecular formula is C7H9Cl3O4. The van der Waals surface area contributed by atoms with Gasteiger partial charge in [0.25, 0.3) is 0 Å². The van der Waals surface area contributed by atoms with Crippen LogP contribution in [-0.4, -0.2) is 35.9 Å². The average molecular weight is 264 g/mol. The summed E-state index contributed by atoms with van der Waals surface area (Å²) in [4.78, 5) is 21.9. The molecule has 0 bridgehead atoms. The quantitative estimate of drug-likeness (QED) is 0.570. The third kappa shape index (κ3) is 3.90. The van der Waals surface area contributed by atoms with Crippen LogP contribution in [0.5, 0.6) is 0 Å². The summed E-state index contributed by atoms with van der Waals surface area (Å²) in [6.07, 6.45) is -0.281. The molecule has 0 aromatic rings. The number of methoxy groups -OCH3 is 2. The fraction of sp³-hybridized carbons (Fsp3) is 0.714. The molecule has 0 aliphatic carbocycles. The van der Waals surface area contributed by atoms with E-state index in [0.29, 0.717) is 0 Å². The van der Waals surface area contributed by atoms with Gasteiger partial charge < -0.3 is 9.47 Å². The Balaban J connectivity index is 4.35. The first-order chi connectivity index (χ1) is 6.35. The number of hydrogen-bond acceptors (Lipinski definition) is 4. The molecule has 0 N–H and O–H groups in total. The maximum absolute atomic E-state index is 11.0.